The van der Waals surface area contributed by atoms with Gasteiger partial charge in [-0.3, -0.25) is 9.59 Å². The van der Waals surface area contributed by atoms with Gasteiger partial charge in [0.25, 0.3) is 0 Å². The number of carbonyl (C=O) groups excluding carboxylic acids is 4. The Hall–Kier alpha value is -4.18. The molecule has 0 unspecified atom stereocenters. The number of alkyl carbamates (subject to hydrolysis) is 1. The van der Waals surface area contributed by atoms with Gasteiger partial charge in [0, 0.05) is 6.42 Å². The predicted octanol–water partition coefficient (Wildman–Crippen LogP) is 3.33. The summed E-state index contributed by atoms with van der Waals surface area (Å²) in [7, 11) is 0. The van der Waals surface area contributed by atoms with E-state index in [1.807, 2.05) is 60.7 Å². The third-order valence-electron chi connectivity index (χ3n) is 7.92. The van der Waals surface area contributed by atoms with Crippen molar-refractivity contribution < 1.29 is 33.8 Å². The molecule has 0 radical (unpaired) electrons. The van der Waals surface area contributed by atoms with Gasteiger partial charge in [-0.2, -0.15) is 0 Å². The van der Waals surface area contributed by atoms with Gasteiger partial charge >= 0.3 is 12.1 Å². The number of ether oxygens (including phenoxy) is 2. The highest BCUT2D eigenvalue weighted by molar-refractivity contribution is 5.86. The molecule has 3 atom stereocenters. The maximum atomic E-state index is 13.4. The summed E-state index contributed by atoms with van der Waals surface area (Å²) < 4.78 is 10.9. The van der Waals surface area contributed by atoms with Crippen LogP contribution < -0.4 is 16.0 Å². The topological polar surface area (TPSA) is 143 Å². The Morgan fingerprint density at radius 1 is 0.953 bits per heavy atom. The molecule has 2 aromatic rings. The van der Waals surface area contributed by atoms with E-state index in [0.29, 0.717) is 19.3 Å². The molecule has 3 amide bonds. The van der Waals surface area contributed by atoms with Crippen LogP contribution in [0.15, 0.2) is 72.8 Å². The van der Waals surface area contributed by atoms with E-state index in [1.165, 1.54) is 0 Å². The number of aliphatic hydroxyl groups is 1. The van der Waals surface area contributed by atoms with Crippen LogP contribution in [0.1, 0.15) is 56.1 Å². The van der Waals surface area contributed by atoms with Gasteiger partial charge in [0.1, 0.15) is 19.3 Å². The zero-order valence-electron chi connectivity index (χ0n) is 24.3. The summed E-state index contributed by atoms with van der Waals surface area (Å²) in [4.78, 5) is 52.1. The fourth-order valence-corrected chi connectivity index (χ4v) is 5.49. The Labute approximate surface area is 252 Å². The average Bonchev–Trinajstić information content (AvgIpc) is 3.48. The summed E-state index contributed by atoms with van der Waals surface area (Å²) in [6, 6.07) is 17.1. The Morgan fingerprint density at radius 3 is 2.28 bits per heavy atom. The quantitative estimate of drug-likeness (QED) is 0.259. The minimum Gasteiger partial charge on any atom is -0.462 e. The van der Waals surface area contributed by atoms with E-state index < -0.39 is 35.6 Å². The van der Waals surface area contributed by atoms with Gasteiger partial charge in [-0.1, -0.05) is 85.7 Å². The van der Waals surface area contributed by atoms with E-state index in [9.17, 15) is 24.3 Å². The molecule has 43 heavy (non-hydrogen) atoms. The Bertz CT molecular complexity index is 1250. The number of carbonyl (C=O) groups is 4. The van der Waals surface area contributed by atoms with E-state index in [1.54, 1.807) is 12.2 Å². The molecule has 4 N–H and O–H groups in total. The number of amides is 3. The largest absolute Gasteiger partial charge is 0.462 e. The van der Waals surface area contributed by atoms with Crippen molar-refractivity contribution >= 4 is 23.9 Å². The van der Waals surface area contributed by atoms with Crippen LogP contribution in [0.25, 0.3) is 0 Å². The molecule has 0 saturated heterocycles. The number of hydrogen-bond donors (Lipinski definition) is 4. The summed E-state index contributed by atoms with van der Waals surface area (Å²) >= 11 is 0. The second kappa shape index (κ2) is 15.9. The van der Waals surface area contributed by atoms with Crippen LogP contribution >= 0.6 is 0 Å². The molecule has 230 valence electrons. The van der Waals surface area contributed by atoms with Crippen molar-refractivity contribution in [2.75, 3.05) is 13.2 Å². The van der Waals surface area contributed by atoms with Crippen LogP contribution in [-0.4, -0.2) is 59.8 Å². The van der Waals surface area contributed by atoms with Gasteiger partial charge in [-0.05, 0) is 43.2 Å². The number of allylic oxidation sites excluding steroid dienone is 1. The zero-order valence-corrected chi connectivity index (χ0v) is 24.3. The van der Waals surface area contributed by atoms with Crippen LogP contribution in [-0.2, 0) is 36.9 Å². The van der Waals surface area contributed by atoms with Crippen molar-refractivity contribution in [1.29, 1.82) is 0 Å². The van der Waals surface area contributed by atoms with Gasteiger partial charge in [0.05, 0.1) is 24.1 Å². The minimum absolute atomic E-state index is 0.0523. The maximum absolute atomic E-state index is 13.4. The summed E-state index contributed by atoms with van der Waals surface area (Å²) in [6.07, 6.45) is 6.68. The van der Waals surface area contributed by atoms with Crippen LogP contribution in [0.4, 0.5) is 4.79 Å². The fourth-order valence-electron chi connectivity index (χ4n) is 5.49. The number of cyclic esters (lactones) is 1. The highest BCUT2D eigenvalue weighted by atomic mass is 16.6. The molecule has 1 aliphatic carbocycles. The van der Waals surface area contributed by atoms with E-state index in [0.717, 1.165) is 24.0 Å². The minimum atomic E-state index is -0.999. The molecule has 10 nitrogen and oxygen atoms in total. The molecular weight excluding hydrogens is 550 g/mol. The van der Waals surface area contributed by atoms with Crippen molar-refractivity contribution in [3.05, 3.63) is 83.9 Å². The lowest BCUT2D eigenvalue weighted by Crippen LogP contribution is -2.51. The molecule has 1 fully saturated rings. The van der Waals surface area contributed by atoms with E-state index >= 15 is 0 Å². The smallest absolute Gasteiger partial charge is 0.408 e. The molecule has 2 aromatic carbocycles. The number of hydrogen-bond acceptors (Lipinski definition) is 7. The van der Waals surface area contributed by atoms with Gasteiger partial charge in [-0.25, -0.2) is 9.59 Å². The molecule has 0 bridgehead atoms. The van der Waals surface area contributed by atoms with Crippen molar-refractivity contribution in [3.8, 4) is 0 Å². The number of nitrogens with one attached hydrogen (secondary N) is 3. The predicted molar refractivity (Wildman–Crippen MR) is 159 cm³/mol. The fraction of sp³-hybridized carbons (Fsp3) is 0.455. The Morgan fingerprint density at radius 2 is 1.60 bits per heavy atom. The molecule has 10 heteroatoms. The van der Waals surface area contributed by atoms with Crippen LogP contribution in [0.3, 0.4) is 0 Å². The lowest BCUT2D eigenvalue weighted by molar-refractivity contribution is -0.147. The van der Waals surface area contributed by atoms with Crippen LogP contribution in [0.2, 0.25) is 0 Å². The highest BCUT2D eigenvalue weighted by Gasteiger charge is 2.36. The SMILES string of the molecule is O=C(C[C@H]1CC=CC[C@@H](NC(=O)OCc2ccccc2)C(=O)OC[C@H](Cc2ccccc2)NC1=O)NC1(CO)CCCC1. The molecule has 1 saturated carbocycles. The third kappa shape index (κ3) is 9.95. The Kier molecular flexibility index (Phi) is 11.7. The van der Waals surface area contributed by atoms with E-state index in [-0.39, 0.29) is 50.9 Å². The Balaban J connectivity index is 1.45. The molecule has 0 aromatic heterocycles. The van der Waals surface area contributed by atoms with E-state index in [4.69, 9.17) is 9.47 Å². The van der Waals surface area contributed by atoms with Gasteiger partial charge < -0.3 is 30.5 Å². The lowest BCUT2D eigenvalue weighted by Gasteiger charge is -2.29. The first kappa shape index (κ1) is 31.7. The zero-order chi connectivity index (χ0) is 30.5. The standard InChI is InChI=1S/C33H41N3O7/c37-23-33(17-9-10-18-33)36-29(38)20-26-15-7-8-16-28(35-32(41)43-21-25-13-5-2-6-14-25)31(40)42-22-27(34-30(26)39)19-24-11-3-1-4-12-24/h1-8,11-14,26-28,37H,9-10,15-23H2,(H,34,39)(H,35,41)(H,36,38)/t26-,27+,28-/m1/s1. The average molecular weight is 592 g/mol. The number of esters is 1. The van der Waals surface area contributed by atoms with Gasteiger partial charge in [-0.15, -0.1) is 0 Å². The molecular formula is C33H41N3O7. The molecule has 0 spiro atoms. The van der Waals surface area contributed by atoms with Crippen LogP contribution in [0, 0.1) is 5.92 Å². The first-order valence-electron chi connectivity index (χ1n) is 14.9. The normalized spacial score (nSPS) is 22.3. The first-order valence-corrected chi connectivity index (χ1v) is 14.9. The van der Waals surface area contributed by atoms with Crippen molar-refractivity contribution in [2.24, 2.45) is 5.92 Å². The molecule has 1 heterocycles. The summed E-state index contributed by atoms with van der Waals surface area (Å²) in [6.45, 7) is -0.202. The second-order valence-electron chi connectivity index (χ2n) is 11.3. The summed E-state index contributed by atoms with van der Waals surface area (Å²) in [5, 5.41) is 18.5. The number of benzene rings is 2. The maximum Gasteiger partial charge on any atom is 0.408 e. The van der Waals surface area contributed by atoms with Crippen LogP contribution in [0.5, 0.6) is 0 Å². The van der Waals surface area contributed by atoms with Crippen molar-refractivity contribution in [2.45, 2.75) is 75.6 Å². The molecule has 1 aliphatic heterocycles. The molecule has 2 aliphatic rings. The van der Waals surface area contributed by atoms with Crippen molar-refractivity contribution in [3.63, 3.8) is 0 Å². The molecule has 4 rings (SSSR count). The highest BCUT2D eigenvalue weighted by Crippen LogP contribution is 2.29. The second-order valence-corrected chi connectivity index (χ2v) is 11.3. The number of rotatable bonds is 9. The summed E-state index contributed by atoms with van der Waals surface area (Å²) in [5.74, 6) is -1.93. The van der Waals surface area contributed by atoms with Crippen molar-refractivity contribution in [1.82, 2.24) is 16.0 Å². The summed E-state index contributed by atoms with van der Waals surface area (Å²) in [5.41, 5.74) is 1.12. The van der Waals surface area contributed by atoms with E-state index in [2.05, 4.69) is 16.0 Å². The number of aliphatic hydroxyl groups excluding tert-OH is 1. The van der Waals surface area contributed by atoms with Gasteiger partial charge in [0.15, 0.2) is 0 Å². The lowest BCUT2D eigenvalue weighted by atomic mass is 9.95. The van der Waals surface area contributed by atoms with Gasteiger partial charge in [0.2, 0.25) is 11.8 Å². The first-order chi connectivity index (χ1) is 20.9. The third-order valence-corrected chi connectivity index (χ3v) is 7.92. The monoisotopic (exact) mass is 591 g/mol.